The summed E-state index contributed by atoms with van der Waals surface area (Å²) in [5.74, 6) is 3.25. The van der Waals surface area contributed by atoms with E-state index in [9.17, 15) is 0 Å². The van der Waals surface area contributed by atoms with Crippen LogP contribution in [0.5, 0.6) is 0 Å². The first kappa shape index (κ1) is 32.7. The molecule has 1 nitrogen and oxygen atoms in total. The minimum atomic E-state index is -0.139. The molecule has 264 valence electrons. The molecule has 3 saturated carbocycles. The number of anilines is 3. The Morgan fingerprint density at radius 2 is 1.21 bits per heavy atom. The summed E-state index contributed by atoms with van der Waals surface area (Å²) >= 11 is 0. The molecule has 1 heteroatoms. The zero-order valence-corrected chi connectivity index (χ0v) is 31.4. The molecule has 2 bridgehead atoms. The lowest BCUT2D eigenvalue weighted by Gasteiger charge is -2.30. The quantitative estimate of drug-likeness (QED) is 0.161. The van der Waals surface area contributed by atoms with E-state index >= 15 is 0 Å². The van der Waals surface area contributed by atoms with Gasteiger partial charge in [0.05, 0.1) is 0 Å². The molecule has 3 atom stereocenters. The first-order valence-electron chi connectivity index (χ1n) is 20.5. The maximum Gasteiger partial charge on any atom is 0.0465 e. The minimum Gasteiger partial charge on any atom is -0.310 e. The van der Waals surface area contributed by atoms with Gasteiger partial charge in [-0.15, -0.1) is 0 Å². The first-order chi connectivity index (χ1) is 26.0. The lowest BCUT2D eigenvalue weighted by Crippen LogP contribution is -2.17. The summed E-state index contributed by atoms with van der Waals surface area (Å²) in [5, 5.41) is 0. The Labute approximate surface area is 316 Å². The Kier molecular flexibility index (Phi) is 8.16. The molecule has 4 aliphatic carbocycles. The van der Waals surface area contributed by atoms with Gasteiger partial charge < -0.3 is 4.90 Å². The second kappa shape index (κ2) is 13.2. The van der Waals surface area contributed by atoms with E-state index in [1.807, 2.05) is 0 Å². The largest absolute Gasteiger partial charge is 0.310 e. The molecule has 10 rings (SSSR count). The van der Waals surface area contributed by atoms with Gasteiger partial charge in [0.15, 0.2) is 0 Å². The second-order valence-corrected chi connectivity index (χ2v) is 17.1. The van der Waals surface area contributed by atoms with Crippen molar-refractivity contribution < 1.29 is 0 Å². The summed E-state index contributed by atoms with van der Waals surface area (Å²) in [6, 6.07) is 53.4. The molecule has 0 N–H and O–H groups in total. The molecule has 0 aliphatic heterocycles. The van der Waals surface area contributed by atoms with Crippen LogP contribution in [0.2, 0.25) is 0 Å². The Bertz CT molecular complexity index is 2270. The molecule has 6 aromatic carbocycles. The van der Waals surface area contributed by atoms with Crippen LogP contribution in [0.25, 0.3) is 33.4 Å². The Morgan fingerprint density at radius 1 is 0.491 bits per heavy atom. The van der Waals surface area contributed by atoms with Crippen molar-refractivity contribution >= 4 is 17.1 Å². The van der Waals surface area contributed by atoms with E-state index in [1.165, 1.54) is 125 Å². The van der Waals surface area contributed by atoms with E-state index in [2.05, 4.69) is 158 Å². The van der Waals surface area contributed by atoms with Crippen molar-refractivity contribution in [3.05, 3.63) is 162 Å². The maximum absolute atomic E-state index is 2.54. The van der Waals surface area contributed by atoms with E-state index in [1.54, 1.807) is 5.56 Å². The highest BCUT2D eigenvalue weighted by molar-refractivity contribution is 5.97. The summed E-state index contributed by atoms with van der Waals surface area (Å²) < 4.78 is 0. The predicted molar refractivity (Wildman–Crippen MR) is 224 cm³/mol. The van der Waals surface area contributed by atoms with Gasteiger partial charge in [0.2, 0.25) is 0 Å². The first-order valence-corrected chi connectivity index (χ1v) is 20.5. The molecule has 4 aliphatic rings. The van der Waals surface area contributed by atoms with E-state index in [-0.39, 0.29) is 5.41 Å². The molecule has 0 amide bonds. The van der Waals surface area contributed by atoms with Crippen LogP contribution in [-0.4, -0.2) is 0 Å². The molecule has 0 spiro atoms. The zero-order chi connectivity index (χ0) is 35.5. The van der Waals surface area contributed by atoms with Crippen molar-refractivity contribution in [1.29, 1.82) is 0 Å². The highest BCUT2D eigenvalue weighted by atomic mass is 15.1. The number of hydrogen-bond acceptors (Lipinski definition) is 1. The minimum absolute atomic E-state index is 0.139. The van der Waals surface area contributed by atoms with Gasteiger partial charge in [-0.25, -0.2) is 0 Å². The zero-order valence-electron chi connectivity index (χ0n) is 31.4. The molecule has 0 saturated heterocycles. The summed E-state index contributed by atoms with van der Waals surface area (Å²) in [6.07, 6.45) is 12.4. The number of nitrogens with zero attached hydrogens (tertiary/aromatic N) is 1. The fraction of sp³-hybridized carbons (Fsp3) is 0.308. The molecule has 0 heterocycles. The number of benzene rings is 6. The summed E-state index contributed by atoms with van der Waals surface area (Å²) in [6.45, 7) is 4.85. The average Bonchev–Trinajstić information content (AvgIpc) is 3.92. The third-order valence-electron chi connectivity index (χ3n) is 13.8. The molecule has 3 unspecified atom stereocenters. The molecule has 53 heavy (non-hydrogen) atoms. The standard InChI is InChI=1S/C52H51N/c1-52(2)49-22-12-21-46(45-20-10-9-19-44(45)37-15-7-4-8-16-37)51(49)47-30-29-43(34-50(47)52)53(42-18-11-17-39(33-42)36-13-5-3-6-14-36)41-27-25-38(26-28-41)48-32-35-23-24-40(48)31-35/h4,7-12,15-22,25-30,33-36,40,48H,3,5-6,13-14,23-24,31-32H2,1-2H3. The van der Waals surface area contributed by atoms with Crippen molar-refractivity contribution in [3.63, 3.8) is 0 Å². The topological polar surface area (TPSA) is 3.24 Å². The third-order valence-corrected chi connectivity index (χ3v) is 13.8. The normalized spacial score (nSPS) is 21.4. The Hall–Kier alpha value is -4.88. The number of rotatable bonds is 7. The van der Waals surface area contributed by atoms with Gasteiger partial charge in [0.1, 0.15) is 0 Å². The highest BCUT2D eigenvalue weighted by Gasteiger charge is 2.40. The summed E-state index contributed by atoms with van der Waals surface area (Å²) in [7, 11) is 0. The number of hydrogen-bond donors (Lipinski definition) is 0. The second-order valence-electron chi connectivity index (χ2n) is 17.1. The van der Waals surface area contributed by atoms with Crippen molar-refractivity contribution in [3.8, 4) is 33.4 Å². The molecule has 6 aromatic rings. The van der Waals surface area contributed by atoms with Crippen LogP contribution in [0.1, 0.15) is 106 Å². The maximum atomic E-state index is 2.54. The van der Waals surface area contributed by atoms with Crippen LogP contribution in [0, 0.1) is 11.8 Å². The van der Waals surface area contributed by atoms with Crippen LogP contribution >= 0.6 is 0 Å². The van der Waals surface area contributed by atoms with E-state index in [4.69, 9.17) is 0 Å². The van der Waals surface area contributed by atoms with Gasteiger partial charge >= 0.3 is 0 Å². The highest BCUT2D eigenvalue weighted by Crippen LogP contribution is 2.55. The third kappa shape index (κ3) is 5.67. The molecule has 0 aromatic heterocycles. The monoisotopic (exact) mass is 689 g/mol. The smallest absolute Gasteiger partial charge is 0.0465 e. The summed E-state index contributed by atoms with van der Waals surface area (Å²) in [4.78, 5) is 2.54. The number of fused-ring (bicyclic) bond motifs is 5. The predicted octanol–water partition coefficient (Wildman–Crippen LogP) is 14.7. The van der Waals surface area contributed by atoms with Crippen molar-refractivity contribution in [2.75, 3.05) is 4.90 Å². The van der Waals surface area contributed by atoms with Gasteiger partial charge in [0.25, 0.3) is 0 Å². The summed E-state index contributed by atoms with van der Waals surface area (Å²) in [5.41, 5.74) is 17.4. The lowest BCUT2D eigenvalue weighted by molar-refractivity contribution is 0.420. The fourth-order valence-corrected chi connectivity index (χ4v) is 11.1. The Balaban J connectivity index is 1.09. The van der Waals surface area contributed by atoms with Gasteiger partial charge in [-0.1, -0.05) is 143 Å². The van der Waals surface area contributed by atoms with Crippen LogP contribution in [0.3, 0.4) is 0 Å². The van der Waals surface area contributed by atoms with Crippen molar-refractivity contribution in [2.45, 2.75) is 88.9 Å². The van der Waals surface area contributed by atoms with Crippen molar-refractivity contribution in [2.24, 2.45) is 11.8 Å². The van der Waals surface area contributed by atoms with Gasteiger partial charge in [-0.3, -0.25) is 0 Å². The van der Waals surface area contributed by atoms with Crippen LogP contribution in [-0.2, 0) is 5.41 Å². The van der Waals surface area contributed by atoms with E-state index in [0.29, 0.717) is 5.92 Å². The van der Waals surface area contributed by atoms with Gasteiger partial charge in [-0.2, -0.15) is 0 Å². The SMILES string of the molecule is CC1(C)c2cc(N(c3ccc(C4CC5CCC4C5)cc3)c3cccc(C4CCCCC4)c3)ccc2-c2c(-c3ccccc3-c3ccccc3)cccc21. The van der Waals surface area contributed by atoms with Crippen LogP contribution in [0.4, 0.5) is 17.1 Å². The van der Waals surface area contributed by atoms with E-state index in [0.717, 1.165) is 17.8 Å². The average molecular weight is 690 g/mol. The fourth-order valence-electron chi connectivity index (χ4n) is 11.1. The molecule has 3 fully saturated rings. The van der Waals surface area contributed by atoms with Gasteiger partial charge in [0, 0.05) is 22.5 Å². The lowest BCUT2D eigenvalue weighted by atomic mass is 9.81. The van der Waals surface area contributed by atoms with E-state index < -0.39 is 0 Å². The molecular weight excluding hydrogens is 639 g/mol. The Morgan fingerprint density at radius 3 is 1.98 bits per heavy atom. The molecular formula is C52H51N. The van der Waals surface area contributed by atoms with Crippen LogP contribution < -0.4 is 4.90 Å². The van der Waals surface area contributed by atoms with Gasteiger partial charge in [-0.05, 0) is 148 Å². The van der Waals surface area contributed by atoms with Crippen molar-refractivity contribution in [1.82, 2.24) is 0 Å². The van der Waals surface area contributed by atoms with Crippen LogP contribution in [0.15, 0.2) is 140 Å². The molecule has 0 radical (unpaired) electrons.